The Morgan fingerprint density at radius 2 is 1.11 bits per heavy atom. The van der Waals surface area contributed by atoms with Crippen molar-refractivity contribution in [1.82, 2.24) is 0 Å². The van der Waals surface area contributed by atoms with Crippen molar-refractivity contribution in [3.8, 4) is 55.6 Å². The molecule has 13 rings (SSSR count). The van der Waals surface area contributed by atoms with Gasteiger partial charge in [0.2, 0.25) is 0 Å². The first kappa shape index (κ1) is 39.5. The van der Waals surface area contributed by atoms with E-state index in [1.165, 1.54) is 115 Å². The fourth-order valence-corrected chi connectivity index (χ4v) is 11.9. The van der Waals surface area contributed by atoms with Crippen molar-refractivity contribution >= 4 is 43.1 Å². The Morgan fingerprint density at radius 3 is 1.77 bits per heavy atom. The fourth-order valence-electron chi connectivity index (χ4n) is 11.9. The normalized spacial score (nSPS) is 19.6. The summed E-state index contributed by atoms with van der Waals surface area (Å²) in [6.45, 7) is 12.7. The van der Waals surface area contributed by atoms with Crippen molar-refractivity contribution in [1.29, 1.82) is 0 Å². The van der Waals surface area contributed by atoms with Gasteiger partial charge in [-0.2, -0.15) is 0 Å². The van der Waals surface area contributed by atoms with Gasteiger partial charge in [-0.15, -0.1) is 0 Å². The molecular weight excluding hydrogens is 797 g/mol. The quantitative estimate of drug-likeness (QED) is 0.0658. The second kappa shape index (κ2) is 14.8. The lowest BCUT2D eigenvalue weighted by Crippen LogP contribution is -2.42. The molecule has 2 fully saturated rings. The molecule has 2 heterocycles. The summed E-state index contributed by atoms with van der Waals surface area (Å²) >= 11 is 0. The summed E-state index contributed by atoms with van der Waals surface area (Å²) in [6, 6.07) is 53.9. The van der Waals surface area contributed by atoms with Crippen molar-refractivity contribution in [2.45, 2.75) is 76.1 Å². The third-order valence-electron chi connectivity index (χ3n) is 15.3. The van der Waals surface area contributed by atoms with Gasteiger partial charge < -0.3 is 18.9 Å². The lowest BCUT2D eigenvalue weighted by atomic mass is 9.68. The minimum atomic E-state index is -0.433. The second-order valence-electron chi connectivity index (χ2n) is 20.2. The Balaban J connectivity index is 0.992. The molecule has 0 amide bonds. The average Bonchev–Trinajstić information content (AvgIpc) is 4.28. The molecule has 65 heavy (non-hydrogen) atoms. The van der Waals surface area contributed by atoms with Gasteiger partial charge in [-0.1, -0.05) is 155 Å². The van der Waals surface area contributed by atoms with Crippen LogP contribution in [0.25, 0.3) is 98.7 Å². The third kappa shape index (κ3) is 6.25. The van der Waals surface area contributed by atoms with E-state index in [2.05, 4.69) is 167 Å². The summed E-state index contributed by atoms with van der Waals surface area (Å²) < 4.78 is 24.7. The van der Waals surface area contributed by atoms with Gasteiger partial charge in [-0.25, -0.2) is 0 Å². The SMILES string of the molecule is CCC(OCC1CO1)C1(CCCOCC2CO2)c2cc(-c3ccc4c5c(cccc35)-c3ccccc3-4)ccc2-c2ccc(-c3ccc4ccc5cc(C(C)(C)C)cc6ccc3c4c56)cc21. The van der Waals surface area contributed by atoms with E-state index in [9.17, 15) is 0 Å². The highest BCUT2D eigenvalue weighted by Gasteiger charge is 2.49. The summed E-state index contributed by atoms with van der Waals surface area (Å²) in [6.07, 6.45) is 2.98. The Morgan fingerprint density at radius 1 is 0.554 bits per heavy atom. The van der Waals surface area contributed by atoms with E-state index >= 15 is 0 Å². The van der Waals surface area contributed by atoms with Crippen molar-refractivity contribution in [2.75, 3.05) is 33.0 Å². The summed E-state index contributed by atoms with van der Waals surface area (Å²) in [7, 11) is 0. The standard InChI is InChI=1S/C61H54O4/c1-5-56(65-35-43-34-64-43)61(26-9-27-62-32-42-33-63-42)54-30-37(44-20-16-36-14-15-39-28-41(60(2,3)4)29-40-19-23-52(44)58(36)57(39)40)17-21-48(54)49-22-18-38(31-55(49)61)45-24-25-53-47-11-7-6-10-46(47)51-13-8-12-50(45)59(51)53/h6-8,10-25,28-31,42-43,56H,5,9,26-27,32-35H2,1-4H3. The highest BCUT2D eigenvalue weighted by atomic mass is 16.6. The summed E-state index contributed by atoms with van der Waals surface area (Å²) in [5.74, 6) is 0. The van der Waals surface area contributed by atoms with Crippen LogP contribution in [0.15, 0.2) is 140 Å². The number of rotatable bonds is 13. The number of epoxide rings is 2. The highest BCUT2D eigenvalue weighted by Crippen LogP contribution is 2.57. The molecule has 9 aromatic carbocycles. The van der Waals surface area contributed by atoms with Crippen LogP contribution in [0.2, 0.25) is 0 Å². The van der Waals surface area contributed by atoms with Gasteiger partial charge in [0.05, 0.1) is 32.5 Å². The molecule has 322 valence electrons. The van der Waals surface area contributed by atoms with Gasteiger partial charge >= 0.3 is 0 Å². The van der Waals surface area contributed by atoms with Crippen molar-refractivity contribution < 1.29 is 18.9 Å². The zero-order chi connectivity index (χ0) is 43.6. The van der Waals surface area contributed by atoms with Crippen LogP contribution < -0.4 is 0 Å². The molecule has 0 radical (unpaired) electrons. The number of benzene rings is 9. The number of hydrogen-bond acceptors (Lipinski definition) is 4. The number of fused-ring (bicyclic) bond motifs is 6. The molecule has 2 aliphatic heterocycles. The molecule has 4 aliphatic rings. The van der Waals surface area contributed by atoms with Gasteiger partial charge in [-0.3, -0.25) is 0 Å². The number of ether oxygens (including phenoxy) is 4. The first-order valence-electron chi connectivity index (χ1n) is 23.9. The van der Waals surface area contributed by atoms with Crippen LogP contribution in [0.4, 0.5) is 0 Å². The van der Waals surface area contributed by atoms with Crippen molar-refractivity contribution in [3.05, 3.63) is 156 Å². The minimum absolute atomic E-state index is 0.0659. The Labute approximate surface area is 381 Å². The van der Waals surface area contributed by atoms with E-state index in [-0.39, 0.29) is 23.7 Å². The lowest BCUT2D eigenvalue weighted by Gasteiger charge is -2.40. The van der Waals surface area contributed by atoms with Gasteiger partial charge in [-0.05, 0) is 152 Å². The molecule has 4 atom stereocenters. The molecule has 9 aromatic rings. The number of hydrogen-bond donors (Lipinski definition) is 0. The van der Waals surface area contributed by atoms with E-state index in [0.717, 1.165) is 32.5 Å². The van der Waals surface area contributed by atoms with E-state index in [4.69, 9.17) is 18.9 Å². The Kier molecular flexibility index (Phi) is 9.00. The summed E-state index contributed by atoms with van der Waals surface area (Å²) in [4.78, 5) is 0. The summed E-state index contributed by atoms with van der Waals surface area (Å²) in [5, 5.41) is 10.6. The largest absolute Gasteiger partial charge is 0.379 e. The van der Waals surface area contributed by atoms with Crippen molar-refractivity contribution in [3.63, 3.8) is 0 Å². The molecule has 0 spiro atoms. The zero-order valence-corrected chi connectivity index (χ0v) is 37.8. The maximum atomic E-state index is 7.15. The maximum Gasteiger partial charge on any atom is 0.104 e. The van der Waals surface area contributed by atoms with Gasteiger partial charge in [0.1, 0.15) is 12.2 Å². The van der Waals surface area contributed by atoms with Gasteiger partial charge in [0.15, 0.2) is 0 Å². The second-order valence-corrected chi connectivity index (χ2v) is 20.2. The minimum Gasteiger partial charge on any atom is -0.379 e. The third-order valence-corrected chi connectivity index (χ3v) is 15.3. The van der Waals surface area contributed by atoms with Gasteiger partial charge in [0.25, 0.3) is 0 Å². The van der Waals surface area contributed by atoms with Crippen LogP contribution in [0.3, 0.4) is 0 Å². The van der Waals surface area contributed by atoms with Crippen molar-refractivity contribution in [2.24, 2.45) is 0 Å². The Bertz CT molecular complexity index is 3320. The van der Waals surface area contributed by atoms with E-state index in [1.54, 1.807) is 0 Å². The molecule has 0 bridgehead atoms. The van der Waals surface area contributed by atoms with Crippen LogP contribution >= 0.6 is 0 Å². The smallest absolute Gasteiger partial charge is 0.104 e. The lowest BCUT2D eigenvalue weighted by molar-refractivity contribution is -0.00599. The van der Waals surface area contributed by atoms with Gasteiger partial charge in [0, 0.05) is 12.0 Å². The molecule has 2 aliphatic carbocycles. The monoisotopic (exact) mass is 850 g/mol. The molecule has 0 N–H and O–H groups in total. The van der Waals surface area contributed by atoms with E-state index in [1.807, 2.05) is 0 Å². The van der Waals surface area contributed by atoms with E-state index in [0.29, 0.717) is 19.8 Å². The first-order chi connectivity index (χ1) is 31.8. The van der Waals surface area contributed by atoms with E-state index < -0.39 is 5.41 Å². The molecule has 4 unspecified atom stereocenters. The first-order valence-corrected chi connectivity index (χ1v) is 23.9. The molecule has 2 saturated heterocycles. The topological polar surface area (TPSA) is 43.5 Å². The maximum absolute atomic E-state index is 7.15. The fraction of sp³-hybridized carbons (Fsp3) is 0.279. The van der Waals surface area contributed by atoms with Crippen LogP contribution in [0.1, 0.15) is 63.6 Å². The molecule has 0 aromatic heterocycles. The van der Waals surface area contributed by atoms with Crippen LogP contribution in [0.5, 0.6) is 0 Å². The van der Waals surface area contributed by atoms with Crippen LogP contribution in [-0.4, -0.2) is 51.3 Å². The molecule has 4 nitrogen and oxygen atoms in total. The summed E-state index contributed by atoms with van der Waals surface area (Å²) in [5.41, 5.74) is 16.6. The molecule has 0 saturated carbocycles. The van der Waals surface area contributed by atoms with Crippen LogP contribution in [-0.2, 0) is 29.8 Å². The highest BCUT2D eigenvalue weighted by molar-refractivity contribution is 6.26. The average molecular weight is 851 g/mol. The predicted octanol–water partition coefficient (Wildman–Crippen LogP) is 14.7. The molecular formula is C61H54O4. The predicted molar refractivity (Wildman–Crippen MR) is 267 cm³/mol. The van der Waals surface area contributed by atoms with Crippen LogP contribution in [0, 0.1) is 0 Å². The molecule has 4 heteroatoms. The zero-order valence-electron chi connectivity index (χ0n) is 37.8. The Hall–Kier alpha value is -5.88.